The summed E-state index contributed by atoms with van der Waals surface area (Å²) in [7, 11) is 0. The number of rotatable bonds is 6. The Balaban J connectivity index is 2.23. The monoisotopic (exact) mass is 308 g/mol. The van der Waals surface area contributed by atoms with Gasteiger partial charge in [-0.2, -0.15) is 0 Å². The molecule has 2 rings (SSSR count). The van der Waals surface area contributed by atoms with Crippen LogP contribution >= 0.6 is 0 Å². The Morgan fingerprint density at radius 2 is 2.23 bits per heavy atom. The maximum atomic E-state index is 11.3. The van der Waals surface area contributed by atoms with E-state index in [2.05, 4.69) is 4.89 Å². The average molecular weight is 308 g/mol. The van der Waals surface area contributed by atoms with Gasteiger partial charge in [0.1, 0.15) is 5.75 Å². The van der Waals surface area contributed by atoms with Crippen LogP contribution in [0.15, 0.2) is 12.1 Å². The second kappa shape index (κ2) is 7.79. The van der Waals surface area contributed by atoms with Gasteiger partial charge >= 0.3 is 5.97 Å². The number of hydrogen-bond donors (Lipinski definition) is 0. The molecule has 1 fully saturated rings. The number of aldehydes is 1. The van der Waals surface area contributed by atoms with Crippen LogP contribution in [0.1, 0.15) is 49.0 Å². The summed E-state index contributed by atoms with van der Waals surface area (Å²) < 4.78 is 11.3. The van der Waals surface area contributed by atoms with Crippen molar-refractivity contribution in [3.63, 3.8) is 0 Å². The predicted octanol–water partition coefficient (Wildman–Crippen LogP) is 2.82. The van der Waals surface area contributed by atoms with Gasteiger partial charge < -0.3 is 9.47 Å². The summed E-state index contributed by atoms with van der Waals surface area (Å²) in [5, 5.41) is 0. The van der Waals surface area contributed by atoms with Crippen molar-refractivity contribution in [1.82, 2.24) is 0 Å². The van der Waals surface area contributed by atoms with Gasteiger partial charge in [-0.25, -0.2) is 4.79 Å². The Kier molecular flexibility index (Phi) is 5.77. The van der Waals surface area contributed by atoms with Crippen LogP contribution in [0.4, 0.5) is 0 Å². The molecular weight excluding hydrogens is 288 g/mol. The number of hydrogen-bond acceptors (Lipinski definition) is 6. The SMILES string of the molecule is CCc1cc(OC2CCCCO2)cc(OOC(C)=O)c1C=O. The number of carbonyl (C=O) groups is 2. The molecular formula is C16H20O6. The van der Waals surface area contributed by atoms with Gasteiger partial charge in [-0.1, -0.05) is 6.92 Å². The Hall–Kier alpha value is -2.08. The molecule has 0 aliphatic carbocycles. The predicted molar refractivity (Wildman–Crippen MR) is 77.8 cm³/mol. The van der Waals surface area contributed by atoms with Crippen molar-refractivity contribution in [2.45, 2.75) is 45.8 Å². The summed E-state index contributed by atoms with van der Waals surface area (Å²) in [4.78, 5) is 31.6. The highest BCUT2D eigenvalue weighted by atomic mass is 17.2. The number of benzene rings is 1. The Bertz CT molecular complexity index is 534. The fourth-order valence-corrected chi connectivity index (χ4v) is 2.28. The first-order valence-electron chi connectivity index (χ1n) is 7.39. The molecule has 1 saturated heterocycles. The van der Waals surface area contributed by atoms with E-state index in [0.29, 0.717) is 30.6 Å². The van der Waals surface area contributed by atoms with E-state index in [1.807, 2.05) is 6.92 Å². The van der Waals surface area contributed by atoms with Gasteiger partial charge in [-0.3, -0.25) is 14.6 Å². The third-order valence-corrected chi connectivity index (χ3v) is 3.35. The molecule has 1 unspecified atom stereocenters. The molecule has 6 heteroatoms. The summed E-state index contributed by atoms with van der Waals surface area (Å²) in [6, 6.07) is 3.31. The quantitative estimate of drug-likeness (QED) is 0.457. The van der Waals surface area contributed by atoms with Crippen LogP contribution < -0.4 is 9.62 Å². The third kappa shape index (κ3) is 4.21. The lowest BCUT2D eigenvalue weighted by Gasteiger charge is -2.24. The van der Waals surface area contributed by atoms with Crippen molar-refractivity contribution in [2.24, 2.45) is 0 Å². The molecule has 0 saturated carbocycles. The first-order chi connectivity index (χ1) is 10.6. The van der Waals surface area contributed by atoms with E-state index in [1.54, 1.807) is 6.07 Å². The summed E-state index contributed by atoms with van der Waals surface area (Å²) >= 11 is 0. The van der Waals surface area contributed by atoms with Gasteiger partial charge in [0.2, 0.25) is 0 Å². The van der Waals surface area contributed by atoms with Crippen molar-refractivity contribution in [3.05, 3.63) is 23.3 Å². The van der Waals surface area contributed by atoms with Gasteiger partial charge in [-0.05, 0) is 30.9 Å². The van der Waals surface area contributed by atoms with Crippen LogP contribution in [-0.4, -0.2) is 25.2 Å². The molecule has 0 radical (unpaired) electrons. The van der Waals surface area contributed by atoms with Crippen LogP contribution in [0, 0.1) is 0 Å². The molecule has 22 heavy (non-hydrogen) atoms. The van der Waals surface area contributed by atoms with E-state index in [0.717, 1.165) is 24.8 Å². The van der Waals surface area contributed by atoms with Crippen molar-refractivity contribution in [1.29, 1.82) is 0 Å². The molecule has 1 heterocycles. The zero-order chi connectivity index (χ0) is 15.9. The van der Waals surface area contributed by atoms with E-state index >= 15 is 0 Å². The minimum absolute atomic E-state index is 0.162. The largest absolute Gasteiger partial charge is 0.465 e. The highest BCUT2D eigenvalue weighted by Gasteiger charge is 2.18. The fourth-order valence-electron chi connectivity index (χ4n) is 2.28. The standard InChI is InChI=1S/C16H20O6/c1-3-12-8-13(20-16-6-4-5-7-19-16)9-15(14(12)10-17)22-21-11(2)18/h8-10,16H,3-7H2,1-2H3. The maximum absolute atomic E-state index is 11.3. The third-order valence-electron chi connectivity index (χ3n) is 3.35. The molecule has 0 amide bonds. The lowest BCUT2D eigenvalue weighted by atomic mass is 10.0. The van der Waals surface area contributed by atoms with Crippen LogP contribution in [0.2, 0.25) is 0 Å². The summed E-state index contributed by atoms with van der Waals surface area (Å²) in [6.07, 6.45) is 3.89. The van der Waals surface area contributed by atoms with Gasteiger partial charge in [0.25, 0.3) is 0 Å². The van der Waals surface area contributed by atoms with E-state index < -0.39 is 5.97 Å². The highest BCUT2D eigenvalue weighted by Crippen LogP contribution is 2.30. The number of aryl methyl sites for hydroxylation is 1. The topological polar surface area (TPSA) is 71.1 Å². The van der Waals surface area contributed by atoms with Gasteiger partial charge in [0.05, 0.1) is 12.2 Å². The lowest BCUT2D eigenvalue weighted by Crippen LogP contribution is -2.25. The van der Waals surface area contributed by atoms with Crippen LogP contribution in [-0.2, 0) is 20.8 Å². The molecule has 1 atom stereocenters. The smallest absolute Gasteiger partial charge is 0.352 e. The van der Waals surface area contributed by atoms with Crippen molar-refractivity contribution in [2.75, 3.05) is 6.61 Å². The molecule has 1 aromatic rings. The summed E-state index contributed by atoms with van der Waals surface area (Å²) in [5.41, 5.74) is 1.10. The Morgan fingerprint density at radius 3 is 2.82 bits per heavy atom. The average Bonchev–Trinajstić information content (AvgIpc) is 2.53. The number of carbonyl (C=O) groups excluding carboxylic acids is 2. The fraction of sp³-hybridized carbons (Fsp3) is 0.500. The molecule has 0 N–H and O–H groups in total. The van der Waals surface area contributed by atoms with Crippen molar-refractivity contribution in [3.8, 4) is 11.5 Å². The van der Waals surface area contributed by atoms with Crippen LogP contribution in [0.25, 0.3) is 0 Å². The van der Waals surface area contributed by atoms with Crippen molar-refractivity contribution < 1.29 is 28.8 Å². The summed E-state index contributed by atoms with van der Waals surface area (Å²) in [6.45, 7) is 3.81. The molecule has 0 bridgehead atoms. The first-order valence-corrected chi connectivity index (χ1v) is 7.39. The zero-order valence-electron chi connectivity index (χ0n) is 12.8. The minimum Gasteiger partial charge on any atom is -0.465 e. The molecule has 6 nitrogen and oxygen atoms in total. The van der Waals surface area contributed by atoms with Gasteiger partial charge in [0, 0.05) is 19.4 Å². The van der Waals surface area contributed by atoms with Crippen LogP contribution in [0.5, 0.6) is 11.5 Å². The first kappa shape index (κ1) is 16.3. The van der Waals surface area contributed by atoms with Crippen molar-refractivity contribution >= 4 is 12.3 Å². The molecule has 0 aromatic heterocycles. The van der Waals surface area contributed by atoms with E-state index in [4.69, 9.17) is 14.4 Å². The lowest BCUT2D eigenvalue weighted by molar-refractivity contribution is -0.211. The number of ether oxygens (including phenoxy) is 2. The molecule has 120 valence electrons. The molecule has 1 aliphatic rings. The normalized spacial score (nSPS) is 17.6. The van der Waals surface area contributed by atoms with Crippen LogP contribution in [0.3, 0.4) is 0 Å². The van der Waals surface area contributed by atoms with E-state index in [9.17, 15) is 9.59 Å². The van der Waals surface area contributed by atoms with E-state index in [1.165, 1.54) is 13.0 Å². The Labute approximate surface area is 129 Å². The van der Waals surface area contributed by atoms with E-state index in [-0.39, 0.29) is 12.0 Å². The molecule has 1 aliphatic heterocycles. The molecule has 1 aromatic carbocycles. The highest BCUT2D eigenvalue weighted by molar-refractivity contribution is 5.82. The maximum Gasteiger partial charge on any atom is 0.352 e. The van der Waals surface area contributed by atoms with Gasteiger partial charge in [0.15, 0.2) is 18.3 Å². The Morgan fingerprint density at radius 1 is 1.41 bits per heavy atom. The molecule has 0 spiro atoms. The summed E-state index contributed by atoms with van der Waals surface area (Å²) in [5.74, 6) is 0.0868. The second-order valence-electron chi connectivity index (χ2n) is 5.04. The van der Waals surface area contributed by atoms with Gasteiger partial charge in [-0.15, -0.1) is 0 Å². The second-order valence-corrected chi connectivity index (χ2v) is 5.04. The zero-order valence-corrected chi connectivity index (χ0v) is 12.8. The minimum atomic E-state index is -0.600.